The lowest BCUT2D eigenvalue weighted by Crippen LogP contribution is -2.14. The van der Waals surface area contributed by atoms with Crippen molar-refractivity contribution in [2.75, 3.05) is 26.1 Å². The van der Waals surface area contributed by atoms with Gasteiger partial charge in [0.05, 0.1) is 24.8 Å². The number of carbonyl (C=O) groups excluding carboxylic acids is 1. The van der Waals surface area contributed by atoms with E-state index in [2.05, 4.69) is 16.8 Å². The van der Waals surface area contributed by atoms with Gasteiger partial charge in [-0.2, -0.15) is 5.26 Å². The number of aryl methyl sites for hydroxylation is 1. The van der Waals surface area contributed by atoms with Gasteiger partial charge in [0, 0.05) is 24.2 Å². The Hall–Kier alpha value is -2.75. The van der Waals surface area contributed by atoms with E-state index in [0.717, 1.165) is 17.0 Å². The van der Waals surface area contributed by atoms with Crippen molar-refractivity contribution >= 4 is 29.3 Å². The second-order valence-corrected chi connectivity index (χ2v) is 6.88. The summed E-state index contributed by atoms with van der Waals surface area (Å²) in [4.78, 5) is 12.6. The van der Waals surface area contributed by atoms with Gasteiger partial charge in [-0.1, -0.05) is 11.6 Å². The predicted octanol–water partition coefficient (Wildman–Crippen LogP) is 4.52. The first-order valence-electron chi connectivity index (χ1n) is 8.76. The fourth-order valence-corrected chi connectivity index (χ4v) is 3.45. The van der Waals surface area contributed by atoms with Crippen molar-refractivity contribution in [1.82, 2.24) is 4.57 Å². The number of nitrogens with zero attached hydrogens (tertiary/aromatic N) is 2. The molecule has 6 nitrogen and oxygen atoms in total. The van der Waals surface area contributed by atoms with E-state index < -0.39 is 5.91 Å². The zero-order chi connectivity index (χ0) is 20.8. The zero-order valence-electron chi connectivity index (χ0n) is 16.7. The van der Waals surface area contributed by atoms with Crippen LogP contribution in [0.5, 0.6) is 5.75 Å². The third kappa shape index (κ3) is 4.75. The van der Waals surface area contributed by atoms with E-state index in [-0.39, 0.29) is 11.6 Å². The molecule has 1 amide bonds. The lowest BCUT2D eigenvalue weighted by Gasteiger charge is -2.17. The number of carbonyl (C=O) groups is 1. The monoisotopic (exact) mass is 401 g/mol. The standard InChI is InChI=1S/C21H24ClN3O3/c1-13-8-16(15(3)25(13)14(2)12-27-4)9-17(11-23)21(26)24-18-6-7-20(28-5)19(22)10-18/h6-10,14H,12H2,1-5H3,(H,24,26)/b17-9-. The molecule has 0 saturated heterocycles. The number of rotatable bonds is 7. The van der Waals surface area contributed by atoms with Gasteiger partial charge < -0.3 is 19.4 Å². The normalized spacial score (nSPS) is 12.4. The molecule has 0 spiro atoms. The minimum Gasteiger partial charge on any atom is -0.495 e. The van der Waals surface area contributed by atoms with Gasteiger partial charge >= 0.3 is 0 Å². The van der Waals surface area contributed by atoms with Gasteiger partial charge in [-0.25, -0.2) is 0 Å². The summed E-state index contributed by atoms with van der Waals surface area (Å²) in [5.74, 6) is 0.00630. The maximum Gasteiger partial charge on any atom is 0.266 e. The molecule has 1 aromatic heterocycles. The molecule has 1 heterocycles. The number of benzene rings is 1. The molecule has 1 N–H and O–H groups in total. The Bertz CT molecular complexity index is 941. The number of halogens is 1. The van der Waals surface area contributed by atoms with Gasteiger partial charge in [-0.15, -0.1) is 0 Å². The number of hydrogen-bond acceptors (Lipinski definition) is 4. The average molecular weight is 402 g/mol. The van der Waals surface area contributed by atoms with Crippen molar-refractivity contribution < 1.29 is 14.3 Å². The Labute approximate surface area is 170 Å². The van der Waals surface area contributed by atoms with E-state index in [1.807, 2.05) is 26.0 Å². The smallest absolute Gasteiger partial charge is 0.266 e. The van der Waals surface area contributed by atoms with Crippen LogP contribution in [0.15, 0.2) is 29.8 Å². The van der Waals surface area contributed by atoms with Gasteiger partial charge in [-0.3, -0.25) is 4.79 Å². The summed E-state index contributed by atoms with van der Waals surface area (Å²) in [6.07, 6.45) is 1.60. The van der Waals surface area contributed by atoms with Crippen LogP contribution in [0.25, 0.3) is 6.08 Å². The van der Waals surface area contributed by atoms with Crippen molar-refractivity contribution in [3.05, 3.63) is 51.8 Å². The molecular weight excluding hydrogens is 378 g/mol. The van der Waals surface area contributed by atoms with E-state index in [1.165, 1.54) is 7.11 Å². The van der Waals surface area contributed by atoms with Crippen LogP contribution in [-0.4, -0.2) is 31.3 Å². The molecule has 0 radical (unpaired) electrons. The predicted molar refractivity (Wildman–Crippen MR) is 111 cm³/mol. The molecule has 0 saturated carbocycles. The Morgan fingerprint density at radius 1 is 1.36 bits per heavy atom. The maximum atomic E-state index is 12.6. The molecule has 2 rings (SSSR count). The Morgan fingerprint density at radius 2 is 2.07 bits per heavy atom. The van der Waals surface area contributed by atoms with Crippen molar-refractivity contribution in [1.29, 1.82) is 5.26 Å². The summed E-state index contributed by atoms with van der Waals surface area (Å²) in [6, 6.07) is 8.97. The van der Waals surface area contributed by atoms with E-state index in [0.29, 0.717) is 23.1 Å². The third-order valence-electron chi connectivity index (χ3n) is 4.45. The second kappa shape index (κ2) is 9.45. The van der Waals surface area contributed by atoms with Crippen LogP contribution in [0, 0.1) is 25.2 Å². The average Bonchev–Trinajstić information content (AvgIpc) is 2.93. The molecule has 0 aliphatic rings. The summed E-state index contributed by atoms with van der Waals surface area (Å²) in [7, 11) is 3.18. The highest BCUT2D eigenvalue weighted by atomic mass is 35.5. The molecule has 1 aromatic carbocycles. The van der Waals surface area contributed by atoms with Crippen molar-refractivity contribution in [3.63, 3.8) is 0 Å². The highest BCUT2D eigenvalue weighted by molar-refractivity contribution is 6.32. The van der Waals surface area contributed by atoms with Crippen LogP contribution in [0.3, 0.4) is 0 Å². The van der Waals surface area contributed by atoms with Crippen LogP contribution in [0.4, 0.5) is 5.69 Å². The van der Waals surface area contributed by atoms with E-state index in [4.69, 9.17) is 21.1 Å². The number of ether oxygens (including phenoxy) is 2. The molecule has 0 aliphatic carbocycles. The fraction of sp³-hybridized carbons (Fsp3) is 0.333. The molecule has 1 atom stereocenters. The highest BCUT2D eigenvalue weighted by Crippen LogP contribution is 2.28. The lowest BCUT2D eigenvalue weighted by atomic mass is 10.1. The minimum atomic E-state index is -0.501. The van der Waals surface area contributed by atoms with Crippen LogP contribution >= 0.6 is 11.6 Å². The molecule has 28 heavy (non-hydrogen) atoms. The van der Waals surface area contributed by atoms with Crippen molar-refractivity contribution in [3.8, 4) is 11.8 Å². The van der Waals surface area contributed by atoms with E-state index in [9.17, 15) is 10.1 Å². The quantitative estimate of drug-likeness (QED) is 0.546. The number of amides is 1. The molecule has 148 valence electrons. The first kappa shape index (κ1) is 21.5. The van der Waals surface area contributed by atoms with Crippen LogP contribution in [-0.2, 0) is 9.53 Å². The Morgan fingerprint density at radius 3 is 2.64 bits per heavy atom. The van der Waals surface area contributed by atoms with Gasteiger partial charge in [0.25, 0.3) is 5.91 Å². The Balaban J connectivity index is 2.29. The van der Waals surface area contributed by atoms with Crippen molar-refractivity contribution in [2.24, 2.45) is 0 Å². The number of nitrogens with one attached hydrogen (secondary N) is 1. The first-order chi connectivity index (χ1) is 13.3. The largest absolute Gasteiger partial charge is 0.495 e. The van der Waals surface area contributed by atoms with Crippen LogP contribution < -0.4 is 10.1 Å². The summed E-state index contributed by atoms with van der Waals surface area (Å²) in [5, 5.41) is 12.5. The van der Waals surface area contributed by atoms with Gasteiger partial charge in [0.2, 0.25) is 0 Å². The fourth-order valence-electron chi connectivity index (χ4n) is 3.19. The summed E-state index contributed by atoms with van der Waals surface area (Å²) < 4.78 is 12.5. The molecule has 0 aliphatic heterocycles. The van der Waals surface area contributed by atoms with E-state index in [1.54, 1.807) is 31.4 Å². The molecule has 2 aromatic rings. The molecular formula is C21H24ClN3O3. The topological polar surface area (TPSA) is 76.3 Å². The zero-order valence-corrected chi connectivity index (χ0v) is 17.4. The van der Waals surface area contributed by atoms with Gasteiger partial charge in [-0.05, 0) is 56.7 Å². The SMILES string of the molecule is COCC(C)n1c(C)cc(/C=C(/C#N)C(=O)Nc2ccc(OC)c(Cl)c2)c1C. The van der Waals surface area contributed by atoms with Crippen molar-refractivity contribution in [2.45, 2.75) is 26.8 Å². The molecule has 0 bridgehead atoms. The number of methoxy groups -OCH3 is 2. The summed E-state index contributed by atoms with van der Waals surface area (Å²) in [6.45, 7) is 6.58. The Kier molecular flexibility index (Phi) is 7.27. The highest BCUT2D eigenvalue weighted by Gasteiger charge is 2.16. The van der Waals surface area contributed by atoms with Gasteiger partial charge in [0.15, 0.2) is 0 Å². The first-order valence-corrected chi connectivity index (χ1v) is 9.14. The van der Waals surface area contributed by atoms with E-state index >= 15 is 0 Å². The van der Waals surface area contributed by atoms with Gasteiger partial charge in [0.1, 0.15) is 17.4 Å². The summed E-state index contributed by atoms with van der Waals surface area (Å²) in [5.41, 5.74) is 3.31. The summed E-state index contributed by atoms with van der Waals surface area (Å²) >= 11 is 6.08. The molecule has 1 unspecified atom stereocenters. The minimum absolute atomic E-state index is 0.00610. The lowest BCUT2D eigenvalue weighted by molar-refractivity contribution is -0.112. The molecule has 7 heteroatoms. The number of hydrogen-bond donors (Lipinski definition) is 1. The third-order valence-corrected chi connectivity index (χ3v) is 4.74. The molecule has 0 fully saturated rings. The van der Waals surface area contributed by atoms with Crippen LogP contribution in [0.2, 0.25) is 5.02 Å². The maximum absolute atomic E-state index is 12.6. The number of anilines is 1. The number of aromatic nitrogens is 1. The number of nitriles is 1. The van der Waals surface area contributed by atoms with Crippen LogP contribution in [0.1, 0.15) is 29.9 Å². The second-order valence-electron chi connectivity index (χ2n) is 6.47.